The molecule has 2 aromatic carbocycles. The summed E-state index contributed by atoms with van der Waals surface area (Å²) in [7, 11) is 0. The molecule has 0 spiro atoms. The van der Waals surface area contributed by atoms with Crippen LogP contribution in [0.15, 0.2) is 60.9 Å². The van der Waals surface area contributed by atoms with Gasteiger partial charge in [0.05, 0.1) is 10.2 Å². The van der Waals surface area contributed by atoms with Crippen LogP contribution in [0.2, 0.25) is 0 Å². The van der Waals surface area contributed by atoms with Gasteiger partial charge in [-0.05, 0) is 55.0 Å². The number of thiazole rings is 1. The topological polar surface area (TPSA) is 94.5 Å². The average Bonchev–Trinajstić information content (AvgIpc) is 3.56. The summed E-state index contributed by atoms with van der Waals surface area (Å²) < 4.78 is 13.5. The molecular formula is C23H20N4O4S. The van der Waals surface area contributed by atoms with E-state index in [9.17, 15) is 9.59 Å². The summed E-state index contributed by atoms with van der Waals surface area (Å²) in [5, 5.41) is 6.42. The first kappa shape index (κ1) is 20.1. The second-order valence-electron chi connectivity index (χ2n) is 7.37. The molecule has 1 aliphatic rings. The third kappa shape index (κ3) is 4.02. The second kappa shape index (κ2) is 8.35. The van der Waals surface area contributed by atoms with Gasteiger partial charge in [0, 0.05) is 24.5 Å². The van der Waals surface area contributed by atoms with E-state index in [-0.39, 0.29) is 18.6 Å². The van der Waals surface area contributed by atoms with Crippen LogP contribution >= 0.6 is 11.3 Å². The van der Waals surface area contributed by atoms with Gasteiger partial charge in [-0.15, -0.1) is 0 Å². The van der Waals surface area contributed by atoms with Crippen molar-refractivity contribution in [2.45, 2.75) is 19.5 Å². The smallest absolute Gasteiger partial charge is 0.251 e. The van der Waals surface area contributed by atoms with Crippen LogP contribution < -0.4 is 20.1 Å². The number of carbonyl (C=O) groups is 2. The van der Waals surface area contributed by atoms with Crippen molar-refractivity contribution in [1.82, 2.24) is 20.2 Å². The normalized spacial score (nSPS) is 13.2. The molecule has 1 aliphatic heterocycles. The van der Waals surface area contributed by atoms with E-state index in [1.165, 1.54) is 11.3 Å². The maximum atomic E-state index is 12.7. The van der Waals surface area contributed by atoms with Crippen LogP contribution in [0.25, 0.3) is 15.3 Å². The van der Waals surface area contributed by atoms with Crippen molar-refractivity contribution in [1.29, 1.82) is 0 Å². The lowest BCUT2D eigenvalue weighted by atomic mass is 10.1. The van der Waals surface area contributed by atoms with Gasteiger partial charge in [-0.2, -0.15) is 0 Å². The Hall–Kier alpha value is -3.85. The Morgan fingerprint density at radius 1 is 1.12 bits per heavy atom. The molecular weight excluding hydrogens is 428 g/mol. The fourth-order valence-electron chi connectivity index (χ4n) is 3.36. The Bertz CT molecular complexity index is 1300. The molecule has 2 amide bonds. The molecule has 32 heavy (non-hydrogen) atoms. The van der Waals surface area contributed by atoms with Gasteiger partial charge < -0.3 is 24.7 Å². The molecule has 9 heteroatoms. The van der Waals surface area contributed by atoms with E-state index in [0.29, 0.717) is 23.6 Å². The summed E-state index contributed by atoms with van der Waals surface area (Å²) in [6.07, 6.45) is 3.85. The molecule has 5 rings (SSSR count). The van der Waals surface area contributed by atoms with Crippen LogP contribution in [0.4, 0.5) is 0 Å². The van der Waals surface area contributed by atoms with Crippen molar-refractivity contribution in [3.8, 4) is 16.6 Å². The Labute approximate surface area is 187 Å². The van der Waals surface area contributed by atoms with Crippen LogP contribution in [0, 0.1) is 0 Å². The summed E-state index contributed by atoms with van der Waals surface area (Å²) in [5.74, 6) is 0.772. The highest BCUT2D eigenvalue weighted by Crippen LogP contribution is 2.32. The van der Waals surface area contributed by atoms with Gasteiger partial charge in [0.1, 0.15) is 6.04 Å². The molecule has 0 saturated heterocycles. The highest BCUT2D eigenvalue weighted by atomic mass is 32.1. The fourth-order valence-corrected chi connectivity index (χ4v) is 4.34. The standard InChI is InChI=1S/C23H20N4O4S/c1-14(21(28)24-12-15-4-7-18-19(10-15)31-13-30-18)25-22(29)16-5-6-17-20(11-16)32-23(26-17)27-8-2-3-9-27/h2-11,14H,12-13H2,1H3,(H,24,28)(H,25,29)/t14-/m1/s1. The van der Waals surface area contributed by atoms with Crippen LogP contribution in [-0.4, -0.2) is 34.2 Å². The second-order valence-corrected chi connectivity index (χ2v) is 8.38. The fraction of sp³-hybridized carbons (Fsp3) is 0.174. The van der Waals surface area contributed by atoms with Crippen molar-refractivity contribution in [2.24, 2.45) is 0 Å². The van der Waals surface area contributed by atoms with Crippen molar-refractivity contribution in [3.05, 3.63) is 72.1 Å². The minimum Gasteiger partial charge on any atom is -0.454 e. The van der Waals surface area contributed by atoms with Gasteiger partial charge in [0.2, 0.25) is 12.7 Å². The molecule has 162 valence electrons. The van der Waals surface area contributed by atoms with Gasteiger partial charge in [-0.1, -0.05) is 17.4 Å². The third-order valence-corrected chi connectivity index (χ3v) is 6.14. The zero-order chi connectivity index (χ0) is 22.1. The summed E-state index contributed by atoms with van der Waals surface area (Å²) in [5.41, 5.74) is 2.19. The van der Waals surface area contributed by atoms with Crippen LogP contribution in [0.5, 0.6) is 11.5 Å². The third-order valence-electron chi connectivity index (χ3n) is 5.11. The van der Waals surface area contributed by atoms with Gasteiger partial charge in [-0.25, -0.2) is 4.98 Å². The zero-order valence-electron chi connectivity index (χ0n) is 17.2. The molecule has 0 unspecified atom stereocenters. The molecule has 2 aromatic heterocycles. The lowest BCUT2D eigenvalue weighted by Gasteiger charge is -2.14. The van der Waals surface area contributed by atoms with E-state index < -0.39 is 6.04 Å². The minimum absolute atomic E-state index is 0.204. The predicted molar refractivity (Wildman–Crippen MR) is 120 cm³/mol. The number of nitrogens with one attached hydrogen (secondary N) is 2. The van der Waals surface area contributed by atoms with E-state index in [1.54, 1.807) is 19.1 Å². The quantitative estimate of drug-likeness (QED) is 0.472. The molecule has 0 saturated carbocycles. The Morgan fingerprint density at radius 3 is 2.78 bits per heavy atom. The van der Waals surface area contributed by atoms with Gasteiger partial charge in [-0.3, -0.25) is 9.59 Å². The first-order valence-electron chi connectivity index (χ1n) is 10.1. The monoisotopic (exact) mass is 448 g/mol. The number of aromatic nitrogens is 2. The van der Waals surface area contributed by atoms with Crippen LogP contribution in [0.3, 0.4) is 0 Å². The van der Waals surface area contributed by atoms with E-state index in [2.05, 4.69) is 15.6 Å². The SMILES string of the molecule is C[C@@H](NC(=O)c1ccc2nc(-n3cccc3)sc2c1)C(=O)NCc1ccc2c(c1)OCO2. The summed E-state index contributed by atoms with van der Waals surface area (Å²) in [4.78, 5) is 29.8. The number of amides is 2. The molecule has 8 nitrogen and oxygen atoms in total. The van der Waals surface area contributed by atoms with Crippen LogP contribution in [0.1, 0.15) is 22.8 Å². The van der Waals surface area contributed by atoms with E-state index in [4.69, 9.17) is 9.47 Å². The van der Waals surface area contributed by atoms with Crippen molar-refractivity contribution in [3.63, 3.8) is 0 Å². The number of hydrogen-bond donors (Lipinski definition) is 2. The van der Waals surface area contributed by atoms with E-state index >= 15 is 0 Å². The average molecular weight is 449 g/mol. The summed E-state index contributed by atoms with van der Waals surface area (Å²) >= 11 is 1.50. The lowest BCUT2D eigenvalue weighted by Crippen LogP contribution is -2.44. The molecule has 0 radical (unpaired) electrons. The molecule has 0 aliphatic carbocycles. The first-order valence-corrected chi connectivity index (χ1v) is 10.9. The Kier molecular flexibility index (Phi) is 5.24. The first-order chi connectivity index (χ1) is 15.6. The van der Waals surface area contributed by atoms with Gasteiger partial charge >= 0.3 is 0 Å². The number of nitrogens with zero attached hydrogens (tertiary/aromatic N) is 2. The number of carbonyl (C=O) groups excluding carboxylic acids is 2. The molecule has 3 heterocycles. The van der Waals surface area contributed by atoms with Gasteiger partial charge in [0.15, 0.2) is 16.6 Å². The molecule has 4 aromatic rings. The largest absolute Gasteiger partial charge is 0.454 e. The summed E-state index contributed by atoms with van der Waals surface area (Å²) in [6, 6.07) is 14.0. The number of benzene rings is 2. The predicted octanol–water partition coefficient (Wildman–Crippen LogP) is 3.25. The van der Waals surface area contributed by atoms with Crippen LogP contribution in [-0.2, 0) is 11.3 Å². The number of rotatable bonds is 6. The molecule has 2 N–H and O–H groups in total. The maximum Gasteiger partial charge on any atom is 0.251 e. The lowest BCUT2D eigenvalue weighted by molar-refractivity contribution is -0.122. The summed E-state index contributed by atoms with van der Waals surface area (Å²) in [6.45, 7) is 2.18. The highest BCUT2D eigenvalue weighted by Gasteiger charge is 2.18. The van der Waals surface area contributed by atoms with E-state index in [0.717, 1.165) is 20.9 Å². The Balaban J connectivity index is 1.21. The number of fused-ring (bicyclic) bond motifs is 2. The number of ether oxygens (including phenoxy) is 2. The molecule has 0 bridgehead atoms. The minimum atomic E-state index is -0.691. The van der Waals surface area contributed by atoms with Crippen molar-refractivity contribution in [2.75, 3.05) is 6.79 Å². The number of hydrogen-bond acceptors (Lipinski definition) is 6. The maximum absolute atomic E-state index is 12.7. The van der Waals surface area contributed by atoms with Crippen molar-refractivity contribution >= 4 is 33.4 Å². The van der Waals surface area contributed by atoms with E-state index in [1.807, 2.05) is 53.4 Å². The Morgan fingerprint density at radius 2 is 1.94 bits per heavy atom. The molecule has 1 atom stereocenters. The zero-order valence-corrected chi connectivity index (χ0v) is 18.0. The molecule has 0 fully saturated rings. The van der Waals surface area contributed by atoms with Gasteiger partial charge in [0.25, 0.3) is 5.91 Å². The highest BCUT2D eigenvalue weighted by molar-refractivity contribution is 7.20. The van der Waals surface area contributed by atoms with Crippen molar-refractivity contribution < 1.29 is 19.1 Å².